The van der Waals surface area contributed by atoms with Crippen LogP contribution in [0.5, 0.6) is 5.75 Å². The van der Waals surface area contributed by atoms with Gasteiger partial charge in [-0.15, -0.1) is 0 Å². The highest BCUT2D eigenvalue weighted by Gasteiger charge is 2.43. The number of aryl methyl sites for hydroxylation is 1. The molecule has 2 aromatic rings. The molecule has 1 aliphatic rings. The second-order valence-electron chi connectivity index (χ2n) is 7.78. The van der Waals surface area contributed by atoms with E-state index in [1.165, 1.54) is 17.6 Å². The molecule has 1 amide bonds. The molecular formula is C21H26N2O7S. The van der Waals surface area contributed by atoms with E-state index < -0.39 is 27.9 Å². The minimum atomic E-state index is -4.02. The van der Waals surface area contributed by atoms with Crippen LogP contribution in [0.2, 0.25) is 0 Å². The molecule has 2 aromatic carbocycles. The summed E-state index contributed by atoms with van der Waals surface area (Å²) < 4.78 is 43.9. The van der Waals surface area contributed by atoms with Gasteiger partial charge in [0.05, 0.1) is 17.1 Å². The number of rotatable bonds is 6. The molecule has 1 aliphatic heterocycles. The van der Waals surface area contributed by atoms with Gasteiger partial charge in [0.2, 0.25) is 10.0 Å². The summed E-state index contributed by atoms with van der Waals surface area (Å²) in [4.78, 5) is 11.5. The predicted octanol–water partition coefficient (Wildman–Crippen LogP) is 2.82. The number of hydrogen-bond donors (Lipinski definition) is 2. The molecule has 9 nitrogen and oxygen atoms in total. The lowest BCUT2D eigenvalue weighted by molar-refractivity contribution is -0.148. The molecule has 1 heterocycles. The molecule has 1 atom stereocenters. The number of carbonyl (C=O) groups excluding carboxylic acids is 1. The predicted molar refractivity (Wildman–Crippen MR) is 111 cm³/mol. The van der Waals surface area contributed by atoms with Crippen LogP contribution in [-0.2, 0) is 26.1 Å². The number of sulfonamides is 1. The minimum absolute atomic E-state index is 0.0199. The van der Waals surface area contributed by atoms with Crippen molar-refractivity contribution in [3.8, 4) is 5.75 Å². The third-order valence-electron chi connectivity index (χ3n) is 4.89. The second-order valence-corrected chi connectivity index (χ2v) is 9.67. The first-order valence-corrected chi connectivity index (χ1v) is 11.1. The van der Waals surface area contributed by atoms with Crippen molar-refractivity contribution in [1.29, 1.82) is 0 Å². The molecule has 10 heteroatoms. The van der Waals surface area contributed by atoms with Crippen LogP contribution >= 0.6 is 0 Å². The SMILES string of the molecule is Cc1ccccc1COc1ccc(S(=O)(=O)N2CC(C)(C)OC[C@H]2OC(=O)NO)cc1. The van der Waals surface area contributed by atoms with Gasteiger partial charge in [0, 0.05) is 6.54 Å². The topological polar surface area (TPSA) is 114 Å². The molecule has 0 aromatic heterocycles. The van der Waals surface area contributed by atoms with E-state index in [2.05, 4.69) is 0 Å². The zero-order valence-electron chi connectivity index (χ0n) is 17.6. The summed E-state index contributed by atoms with van der Waals surface area (Å²) in [5.74, 6) is 0.525. The van der Waals surface area contributed by atoms with Gasteiger partial charge in [-0.3, -0.25) is 5.21 Å². The Balaban J connectivity index is 1.77. The van der Waals surface area contributed by atoms with E-state index in [4.69, 9.17) is 19.4 Å². The maximum atomic E-state index is 13.2. The molecule has 0 aliphatic carbocycles. The molecule has 0 saturated carbocycles. The summed E-state index contributed by atoms with van der Waals surface area (Å²) >= 11 is 0. The molecule has 0 radical (unpaired) electrons. The number of amides is 1. The summed E-state index contributed by atoms with van der Waals surface area (Å²) in [6, 6.07) is 13.9. The fourth-order valence-electron chi connectivity index (χ4n) is 3.16. The van der Waals surface area contributed by atoms with Gasteiger partial charge in [0.15, 0.2) is 6.23 Å². The number of carbonyl (C=O) groups is 1. The first-order valence-electron chi connectivity index (χ1n) is 9.66. The molecule has 2 N–H and O–H groups in total. The summed E-state index contributed by atoms with van der Waals surface area (Å²) in [5, 5.41) is 8.71. The average Bonchev–Trinajstić information content (AvgIpc) is 2.74. The van der Waals surface area contributed by atoms with Crippen molar-refractivity contribution < 1.29 is 32.6 Å². The van der Waals surface area contributed by atoms with Crippen molar-refractivity contribution in [3.63, 3.8) is 0 Å². The number of ether oxygens (including phenoxy) is 3. The van der Waals surface area contributed by atoms with E-state index >= 15 is 0 Å². The summed E-state index contributed by atoms with van der Waals surface area (Å²) in [5.41, 5.74) is 2.70. The Morgan fingerprint density at radius 1 is 1.23 bits per heavy atom. The quantitative estimate of drug-likeness (QED) is 0.514. The van der Waals surface area contributed by atoms with E-state index in [-0.39, 0.29) is 18.0 Å². The van der Waals surface area contributed by atoms with E-state index in [1.54, 1.807) is 26.0 Å². The van der Waals surface area contributed by atoms with Crippen molar-refractivity contribution in [2.45, 2.75) is 44.1 Å². The Morgan fingerprint density at radius 3 is 2.55 bits per heavy atom. The number of nitrogens with zero attached hydrogens (tertiary/aromatic N) is 1. The Labute approximate surface area is 181 Å². The smallest absolute Gasteiger partial charge is 0.432 e. The van der Waals surface area contributed by atoms with Gasteiger partial charge in [0.25, 0.3) is 0 Å². The maximum absolute atomic E-state index is 13.2. The fourth-order valence-corrected chi connectivity index (χ4v) is 4.81. The van der Waals surface area contributed by atoms with Gasteiger partial charge < -0.3 is 14.2 Å². The Morgan fingerprint density at radius 2 is 1.90 bits per heavy atom. The second kappa shape index (κ2) is 9.23. The Kier molecular flexibility index (Phi) is 6.85. The largest absolute Gasteiger partial charge is 0.489 e. The highest BCUT2D eigenvalue weighted by Crippen LogP contribution is 2.29. The van der Waals surface area contributed by atoms with Gasteiger partial charge in [-0.2, -0.15) is 4.31 Å². The number of morpholine rings is 1. The minimum Gasteiger partial charge on any atom is -0.489 e. The van der Waals surface area contributed by atoms with Crippen LogP contribution < -0.4 is 10.2 Å². The molecular weight excluding hydrogens is 424 g/mol. The van der Waals surface area contributed by atoms with Crippen LogP contribution in [0.3, 0.4) is 0 Å². The molecule has 0 spiro atoms. The average molecular weight is 451 g/mol. The molecule has 31 heavy (non-hydrogen) atoms. The zero-order valence-corrected chi connectivity index (χ0v) is 18.4. The van der Waals surface area contributed by atoms with Crippen molar-refractivity contribution in [2.75, 3.05) is 13.2 Å². The van der Waals surface area contributed by atoms with Crippen molar-refractivity contribution in [3.05, 3.63) is 59.7 Å². The van der Waals surface area contributed by atoms with Gasteiger partial charge in [-0.25, -0.2) is 18.7 Å². The van der Waals surface area contributed by atoms with Crippen LogP contribution in [0.1, 0.15) is 25.0 Å². The van der Waals surface area contributed by atoms with E-state index in [9.17, 15) is 13.2 Å². The van der Waals surface area contributed by atoms with Crippen LogP contribution in [0.4, 0.5) is 4.79 Å². The monoisotopic (exact) mass is 450 g/mol. The third-order valence-corrected chi connectivity index (χ3v) is 6.74. The standard InChI is InChI=1S/C21H26N2O7S/c1-15-6-4-5-7-16(15)12-28-17-8-10-18(11-9-17)31(26,27)23-14-21(2,3)29-13-19(23)30-20(24)22-25/h4-11,19,25H,12-14H2,1-3H3,(H,22,24)/t19-/m1/s1. The highest BCUT2D eigenvalue weighted by molar-refractivity contribution is 7.89. The Bertz CT molecular complexity index is 1020. The third kappa shape index (κ3) is 5.53. The normalized spacial score (nSPS) is 18.9. The van der Waals surface area contributed by atoms with Gasteiger partial charge >= 0.3 is 6.09 Å². The number of nitrogens with one attached hydrogen (secondary N) is 1. The van der Waals surface area contributed by atoms with Crippen molar-refractivity contribution in [1.82, 2.24) is 9.79 Å². The zero-order chi connectivity index (χ0) is 22.6. The number of hydrogen-bond acceptors (Lipinski definition) is 7. The van der Waals surface area contributed by atoms with Gasteiger partial charge in [0.1, 0.15) is 12.4 Å². The summed E-state index contributed by atoms with van der Waals surface area (Å²) in [7, 11) is -4.02. The Hall–Kier alpha value is -2.66. The lowest BCUT2D eigenvalue weighted by Crippen LogP contribution is -2.57. The van der Waals surface area contributed by atoms with Crippen LogP contribution in [0.15, 0.2) is 53.4 Å². The number of benzene rings is 2. The van der Waals surface area contributed by atoms with Gasteiger partial charge in [-0.1, -0.05) is 24.3 Å². The van der Waals surface area contributed by atoms with Crippen molar-refractivity contribution >= 4 is 16.1 Å². The highest BCUT2D eigenvalue weighted by atomic mass is 32.2. The van der Waals surface area contributed by atoms with Crippen LogP contribution in [0.25, 0.3) is 0 Å². The fraction of sp³-hybridized carbons (Fsp3) is 0.381. The first kappa shape index (κ1) is 23.0. The molecule has 1 saturated heterocycles. The maximum Gasteiger partial charge on any atom is 0.432 e. The molecule has 3 rings (SSSR count). The first-order chi connectivity index (χ1) is 14.6. The van der Waals surface area contributed by atoms with E-state index in [0.717, 1.165) is 15.4 Å². The number of hydroxylamine groups is 1. The van der Waals surface area contributed by atoms with Gasteiger partial charge in [-0.05, 0) is 56.2 Å². The van der Waals surface area contributed by atoms with Crippen LogP contribution in [-0.4, -0.2) is 49.0 Å². The lowest BCUT2D eigenvalue weighted by Gasteiger charge is -2.41. The summed E-state index contributed by atoms with van der Waals surface area (Å²) in [6.07, 6.45) is -2.39. The lowest BCUT2D eigenvalue weighted by atomic mass is 10.1. The molecule has 0 unspecified atom stereocenters. The van der Waals surface area contributed by atoms with E-state index in [1.807, 2.05) is 31.2 Å². The molecule has 0 bridgehead atoms. The molecule has 168 valence electrons. The van der Waals surface area contributed by atoms with E-state index in [0.29, 0.717) is 12.4 Å². The van der Waals surface area contributed by atoms with Crippen molar-refractivity contribution in [2.24, 2.45) is 0 Å². The van der Waals surface area contributed by atoms with Crippen LogP contribution in [0, 0.1) is 6.92 Å². The summed E-state index contributed by atoms with van der Waals surface area (Å²) in [6.45, 7) is 5.62. The molecule has 1 fully saturated rings.